The minimum absolute atomic E-state index is 0.00784. The van der Waals surface area contributed by atoms with Crippen LogP contribution >= 0.6 is 0 Å². The van der Waals surface area contributed by atoms with Crippen molar-refractivity contribution in [2.75, 3.05) is 13.2 Å². The van der Waals surface area contributed by atoms with Gasteiger partial charge in [-0.1, -0.05) is 78.9 Å². The summed E-state index contributed by atoms with van der Waals surface area (Å²) in [5.74, 6) is -0.480. The van der Waals surface area contributed by atoms with Crippen LogP contribution in [-0.4, -0.2) is 45.9 Å². The SMILES string of the molecule is CCOC(=O)CNC(=O)NCc1cccc(-c2ccc([C@@H]3O[C@H](Cn4cnc5ccccc54)C[C@H](c4ccc(CO)cc4)O3)cc2)c1. The zero-order chi connectivity index (χ0) is 32.6. The van der Waals surface area contributed by atoms with Crippen molar-refractivity contribution < 1.29 is 28.9 Å². The Morgan fingerprint density at radius 1 is 0.894 bits per heavy atom. The number of carbonyl (C=O) groups is 2. The lowest BCUT2D eigenvalue weighted by atomic mass is 9.99. The zero-order valence-corrected chi connectivity index (χ0v) is 26.2. The molecule has 4 aromatic carbocycles. The lowest BCUT2D eigenvalue weighted by Gasteiger charge is -2.36. The van der Waals surface area contributed by atoms with Gasteiger partial charge >= 0.3 is 12.0 Å². The highest BCUT2D eigenvalue weighted by Gasteiger charge is 2.32. The van der Waals surface area contributed by atoms with Crippen LogP contribution in [0.25, 0.3) is 22.2 Å². The maximum atomic E-state index is 12.1. The van der Waals surface area contributed by atoms with Gasteiger partial charge in [0.2, 0.25) is 0 Å². The standard InChI is InChI=1S/C37H38N4O6/c1-2-45-35(43)21-39-37(44)38-20-26-6-5-7-30(18-26)27-14-16-29(17-15-27)36-46-31(22-41-24-40-32-8-3-4-9-33(32)41)19-34(47-36)28-12-10-25(23-42)11-13-28/h3-18,24,31,34,36,42H,2,19-23H2,1H3,(H2,38,39,44)/t31-,34+,36+/m0/s1. The molecule has 6 rings (SSSR count). The molecule has 1 fully saturated rings. The number of aromatic nitrogens is 2. The molecular formula is C37H38N4O6. The monoisotopic (exact) mass is 634 g/mol. The summed E-state index contributed by atoms with van der Waals surface area (Å²) in [6.07, 6.45) is 1.62. The van der Waals surface area contributed by atoms with Crippen LogP contribution in [0.3, 0.4) is 0 Å². The molecule has 2 amide bonds. The topological polar surface area (TPSA) is 124 Å². The highest BCUT2D eigenvalue weighted by atomic mass is 16.7. The lowest BCUT2D eigenvalue weighted by Crippen LogP contribution is -2.38. The molecule has 1 aliphatic rings. The Bertz CT molecular complexity index is 1800. The van der Waals surface area contributed by atoms with Crippen LogP contribution in [0.5, 0.6) is 0 Å². The summed E-state index contributed by atoms with van der Waals surface area (Å²) in [5, 5.41) is 14.8. The second kappa shape index (κ2) is 15.0. The Labute approximate surface area is 273 Å². The molecular weight excluding hydrogens is 596 g/mol. The second-order valence-corrected chi connectivity index (χ2v) is 11.4. The molecule has 5 aromatic rings. The number of aliphatic hydroxyl groups is 1. The molecule has 1 aliphatic heterocycles. The van der Waals surface area contributed by atoms with E-state index in [2.05, 4.69) is 26.3 Å². The van der Waals surface area contributed by atoms with Crippen LogP contribution in [0.15, 0.2) is 103 Å². The normalized spacial score (nSPS) is 17.7. The zero-order valence-electron chi connectivity index (χ0n) is 26.2. The molecule has 1 aromatic heterocycles. The van der Waals surface area contributed by atoms with Gasteiger partial charge < -0.3 is 34.5 Å². The van der Waals surface area contributed by atoms with Gasteiger partial charge in [-0.05, 0) is 52.9 Å². The Morgan fingerprint density at radius 3 is 2.47 bits per heavy atom. The number of hydrogen-bond donors (Lipinski definition) is 3. The summed E-state index contributed by atoms with van der Waals surface area (Å²) < 4.78 is 20.1. The summed E-state index contributed by atoms with van der Waals surface area (Å²) in [5.41, 5.74) is 7.72. The number of para-hydroxylation sites is 2. The number of benzene rings is 4. The number of fused-ring (bicyclic) bond motifs is 1. The minimum atomic E-state index is -0.580. The summed E-state index contributed by atoms with van der Waals surface area (Å²) >= 11 is 0. The van der Waals surface area contributed by atoms with E-state index in [9.17, 15) is 14.7 Å². The van der Waals surface area contributed by atoms with Gasteiger partial charge in [-0.2, -0.15) is 0 Å². The third kappa shape index (κ3) is 8.04. The summed E-state index contributed by atoms with van der Waals surface area (Å²) in [6.45, 7) is 2.73. The number of nitrogens with zero attached hydrogens (tertiary/aromatic N) is 2. The second-order valence-electron chi connectivity index (χ2n) is 11.4. The van der Waals surface area contributed by atoms with E-state index in [1.54, 1.807) is 6.92 Å². The van der Waals surface area contributed by atoms with E-state index in [4.69, 9.17) is 14.2 Å². The predicted octanol–water partition coefficient (Wildman–Crippen LogP) is 5.80. The summed E-state index contributed by atoms with van der Waals surface area (Å²) in [4.78, 5) is 28.1. The molecule has 10 heteroatoms. The number of urea groups is 1. The minimum Gasteiger partial charge on any atom is -0.465 e. The fourth-order valence-electron chi connectivity index (χ4n) is 5.71. The number of carbonyl (C=O) groups excluding carboxylic acids is 2. The molecule has 0 bridgehead atoms. The van der Waals surface area contributed by atoms with E-state index in [0.29, 0.717) is 19.5 Å². The van der Waals surface area contributed by atoms with Crippen molar-refractivity contribution in [2.45, 2.75) is 51.5 Å². The van der Waals surface area contributed by atoms with Gasteiger partial charge in [-0.25, -0.2) is 9.78 Å². The molecule has 0 unspecified atom stereocenters. The van der Waals surface area contributed by atoms with Crippen molar-refractivity contribution in [3.63, 3.8) is 0 Å². The Kier molecular flexibility index (Phi) is 10.2. The van der Waals surface area contributed by atoms with Gasteiger partial charge in [-0.3, -0.25) is 4.79 Å². The number of ether oxygens (including phenoxy) is 3. The molecule has 242 valence electrons. The predicted molar refractivity (Wildman–Crippen MR) is 177 cm³/mol. The van der Waals surface area contributed by atoms with Crippen LogP contribution in [-0.2, 0) is 38.7 Å². The number of amides is 2. The average Bonchev–Trinajstić information content (AvgIpc) is 3.52. The van der Waals surface area contributed by atoms with Crippen LogP contribution in [0.2, 0.25) is 0 Å². The largest absolute Gasteiger partial charge is 0.465 e. The first-order valence-electron chi connectivity index (χ1n) is 15.8. The number of hydrogen-bond acceptors (Lipinski definition) is 7. The van der Waals surface area contributed by atoms with Crippen molar-refractivity contribution in [2.24, 2.45) is 0 Å². The van der Waals surface area contributed by atoms with E-state index >= 15 is 0 Å². The van der Waals surface area contributed by atoms with E-state index in [-0.39, 0.29) is 32.0 Å². The summed E-state index contributed by atoms with van der Waals surface area (Å²) in [7, 11) is 0. The van der Waals surface area contributed by atoms with Gasteiger partial charge in [0.25, 0.3) is 0 Å². The third-order valence-electron chi connectivity index (χ3n) is 8.14. The van der Waals surface area contributed by atoms with Crippen LogP contribution < -0.4 is 10.6 Å². The Hall–Kier alpha value is -5.03. The molecule has 1 saturated heterocycles. The lowest BCUT2D eigenvalue weighted by molar-refractivity contribution is -0.252. The molecule has 0 aliphatic carbocycles. The number of rotatable bonds is 11. The first-order chi connectivity index (χ1) is 23.0. The van der Waals surface area contributed by atoms with Crippen molar-refractivity contribution in [3.05, 3.63) is 126 Å². The molecule has 47 heavy (non-hydrogen) atoms. The van der Waals surface area contributed by atoms with E-state index in [1.807, 2.05) is 97.3 Å². The molecule has 3 atom stereocenters. The van der Waals surface area contributed by atoms with Crippen molar-refractivity contribution in [1.29, 1.82) is 0 Å². The fourth-order valence-corrected chi connectivity index (χ4v) is 5.71. The van der Waals surface area contributed by atoms with E-state index in [1.165, 1.54) is 0 Å². The number of nitrogens with one attached hydrogen (secondary N) is 2. The van der Waals surface area contributed by atoms with Gasteiger partial charge in [0, 0.05) is 18.5 Å². The Balaban J connectivity index is 1.15. The maximum Gasteiger partial charge on any atom is 0.325 e. The first kappa shape index (κ1) is 31.9. The van der Waals surface area contributed by atoms with Gasteiger partial charge in [0.15, 0.2) is 6.29 Å². The van der Waals surface area contributed by atoms with Crippen LogP contribution in [0.4, 0.5) is 4.79 Å². The van der Waals surface area contributed by atoms with Crippen molar-refractivity contribution >= 4 is 23.0 Å². The highest BCUT2D eigenvalue weighted by molar-refractivity contribution is 5.80. The number of aliphatic hydroxyl groups excluding tert-OH is 1. The van der Waals surface area contributed by atoms with Crippen molar-refractivity contribution in [3.8, 4) is 11.1 Å². The number of imidazole rings is 1. The third-order valence-corrected chi connectivity index (χ3v) is 8.14. The Morgan fingerprint density at radius 2 is 1.68 bits per heavy atom. The van der Waals surface area contributed by atoms with Crippen molar-refractivity contribution in [1.82, 2.24) is 20.2 Å². The fraction of sp³-hybridized carbons (Fsp3) is 0.270. The first-order valence-corrected chi connectivity index (χ1v) is 15.8. The average molecular weight is 635 g/mol. The molecule has 3 N–H and O–H groups in total. The van der Waals surface area contributed by atoms with Crippen LogP contribution in [0.1, 0.15) is 48.0 Å². The molecule has 10 nitrogen and oxygen atoms in total. The van der Waals surface area contributed by atoms with E-state index < -0.39 is 18.3 Å². The molecule has 2 heterocycles. The van der Waals surface area contributed by atoms with E-state index in [0.717, 1.165) is 44.4 Å². The quantitative estimate of drug-likeness (QED) is 0.157. The summed E-state index contributed by atoms with van der Waals surface area (Å²) in [6, 6.07) is 31.5. The van der Waals surface area contributed by atoms with Gasteiger partial charge in [0.1, 0.15) is 6.54 Å². The molecule has 0 radical (unpaired) electrons. The maximum absolute atomic E-state index is 12.1. The smallest absolute Gasteiger partial charge is 0.325 e. The van der Waals surface area contributed by atoms with Gasteiger partial charge in [-0.15, -0.1) is 0 Å². The number of esters is 1. The van der Waals surface area contributed by atoms with Crippen LogP contribution in [0, 0.1) is 0 Å². The molecule has 0 saturated carbocycles. The molecule has 0 spiro atoms. The highest BCUT2D eigenvalue weighted by Crippen LogP contribution is 2.39. The van der Waals surface area contributed by atoms with Gasteiger partial charge in [0.05, 0.1) is 49.3 Å².